The van der Waals surface area contributed by atoms with Crippen molar-refractivity contribution in [3.8, 4) is 0 Å². The second-order valence-corrected chi connectivity index (χ2v) is 6.51. The van der Waals surface area contributed by atoms with Gasteiger partial charge >= 0.3 is 0 Å². The van der Waals surface area contributed by atoms with E-state index < -0.39 is 0 Å². The number of amides is 1. The fourth-order valence-electron chi connectivity index (χ4n) is 2.15. The van der Waals surface area contributed by atoms with Gasteiger partial charge in [0.2, 0.25) is 0 Å². The maximum atomic E-state index is 13.1. The maximum Gasteiger partial charge on any atom is 0.254 e. The number of halogens is 3. The Kier molecular flexibility index (Phi) is 5.59. The van der Waals surface area contributed by atoms with Crippen molar-refractivity contribution in [1.29, 1.82) is 0 Å². The minimum atomic E-state index is -0.375. The van der Waals surface area contributed by atoms with Crippen molar-refractivity contribution in [2.24, 2.45) is 0 Å². The summed E-state index contributed by atoms with van der Waals surface area (Å²) in [4.78, 5) is 14.2. The van der Waals surface area contributed by atoms with E-state index in [9.17, 15) is 9.18 Å². The third kappa shape index (κ3) is 4.08. The quantitative estimate of drug-likeness (QED) is 0.731. The second-order valence-electron chi connectivity index (χ2n) is 5.22. The summed E-state index contributed by atoms with van der Waals surface area (Å²) in [6.07, 6.45) is 0.720. The molecule has 0 aliphatic rings. The lowest BCUT2D eigenvalue weighted by atomic mass is 10.1. The van der Waals surface area contributed by atoms with Gasteiger partial charge in [-0.2, -0.15) is 0 Å². The Morgan fingerprint density at radius 2 is 1.91 bits per heavy atom. The number of nitrogens with zero attached hydrogens (tertiary/aromatic N) is 1. The lowest BCUT2D eigenvalue weighted by molar-refractivity contribution is 0.0742. The fraction of sp³-hybridized carbons (Fsp3) is 0.235. The van der Waals surface area contributed by atoms with Gasteiger partial charge in [-0.1, -0.05) is 23.7 Å². The number of carbonyl (C=O) groups excluding carboxylic acids is 1. The number of rotatable bonds is 4. The lowest BCUT2D eigenvalue weighted by Crippen LogP contribution is -2.36. The average molecular weight is 385 g/mol. The highest BCUT2D eigenvalue weighted by molar-refractivity contribution is 9.10. The maximum absolute atomic E-state index is 13.1. The molecule has 0 aromatic heterocycles. The van der Waals surface area contributed by atoms with Crippen LogP contribution in [0, 0.1) is 5.82 Å². The summed E-state index contributed by atoms with van der Waals surface area (Å²) in [6, 6.07) is 11.7. The first-order valence-corrected chi connectivity index (χ1v) is 8.02. The molecule has 1 amide bonds. The average Bonchev–Trinajstić information content (AvgIpc) is 2.48. The van der Waals surface area contributed by atoms with Gasteiger partial charge in [0, 0.05) is 22.6 Å². The molecule has 2 rings (SSSR count). The van der Waals surface area contributed by atoms with Crippen molar-refractivity contribution in [1.82, 2.24) is 4.90 Å². The zero-order chi connectivity index (χ0) is 16.3. The number of hydrogen-bond donors (Lipinski definition) is 0. The zero-order valence-corrected chi connectivity index (χ0v) is 14.7. The van der Waals surface area contributed by atoms with Gasteiger partial charge in [0.25, 0.3) is 5.91 Å². The Hall–Kier alpha value is -1.39. The van der Waals surface area contributed by atoms with Crippen LogP contribution in [0.4, 0.5) is 4.39 Å². The van der Waals surface area contributed by atoms with Gasteiger partial charge in [0.05, 0.1) is 5.56 Å². The molecule has 22 heavy (non-hydrogen) atoms. The highest BCUT2D eigenvalue weighted by atomic mass is 79.9. The number of carbonyl (C=O) groups is 1. The molecule has 0 N–H and O–H groups in total. The molecule has 0 fully saturated rings. The third-order valence-electron chi connectivity index (χ3n) is 3.59. The molecule has 2 aromatic rings. The Bertz CT molecular complexity index is 675. The lowest BCUT2D eigenvalue weighted by Gasteiger charge is -2.25. The van der Waals surface area contributed by atoms with Gasteiger partial charge in [-0.3, -0.25) is 4.79 Å². The monoisotopic (exact) mass is 383 g/mol. The SMILES string of the molecule is CC(Cc1ccc(Cl)cc1)N(C)C(=O)c1ccc(F)cc1Br. The van der Waals surface area contributed by atoms with Crippen LogP contribution in [-0.2, 0) is 6.42 Å². The van der Waals surface area contributed by atoms with Crippen LogP contribution < -0.4 is 0 Å². The normalized spacial score (nSPS) is 12.0. The molecule has 0 saturated heterocycles. The molecule has 0 spiro atoms. The number of likely N-dealkylation sites (N-methyl/N-ethyl adjacent to an activating group) is 1. The summed E-state index contributed by atoms with van der Waals surface area (Å²) in [7, 11) is 1.75. The van der Waals surface area contributed by atoms with Gasteiger partial charge in [0.1, 0.15) is 5.82 Å². The van der Waals surface area contributed by atoms with Crippen LogP contribution in [-0.4, -0.2) is 23.9 Å². The van der Waals surface area contributed by atoms with Crippen LogP contribution in [0.1, 0.15) is 22.8 Å². The Morgan fingerprint density at radius 3 is 2.50 bits per heavy atom. The number of benzene rings is 2. The summed E-state index contributed by atoms with van der Waals surface area (Å²) < 4.78 is 13.6. The first-order chi connectivity index (χ1) is 10.4. The third-order valence-corrected chi connectivity index (χ3v) is 4.50. The van der Waals surface area contributed by atoms with Crippen molar-refractivity contribution < 1.29 is 9.18 Å². The molecular weight excluding hydrogens is 369 g/mol. The minimum absolute atomic E-state index is 0.00521. The van der Waals surface area contributed by atoms with E-state index in [4.69, 9.17) is 11.6 Å². The zero-order valence-electron chi connectivity index (χ0n) is 12.3. The van der Waals surface area contributed by atoms with Crippen molar-refractivity contribution in [3.05, 3.63) is 68.9 Å². The molecule has 0 radical (unpaired) electrons. The van der Waals surface area contributed by atoms with Gasteiger partial charge in [-0.15, -0.1) is 0 Å². The standard InChI is InChI=1S/C17H16BrClFNO/c1-11(9-12-3-5-13(19)6-4-12)21(2)17(22)15-8-7-14(20)10-16(15)18/h3-8,10-11H,9H2,1-2H3. The summed E-state index contributed by atoms with van der Waals surface area (Å²) in [6.45, 7) is 1.98. The van der Waals surface area contributed by atoms with Crippen LogP contribution in [0.25, 0.3) is 0 Å². The molecule has 0 aliphatic heterocycles. The van der Waals surface area contributed by atoms with Crippen molar-refractivity contribution in [2.45, 2.75) is 19.4 Å². The molecular formula is C17H16BrClFNO. The Labute approximate surface area is 143 Å². The summed E-state index contributed by atoms with van der Waals surface area (Å²) >= 11 is 9.11. The first-order valence-electron chi connectivity index (χ1n) is 6.85. The molecule has 0 heterocycles. The second kappa shape index (κ2) is 7.25. The van der Waals surface area contributed by atoms with Gasteiger partial charge in [-0.25, -0.2) is 4.39 Å². The number of hydrogen-bond acceptors (Lipinski definition) is 1. The predicted octanol–water partition coefficient (Wildman–Crippen LogP) is 4.94. The molecule has 5 heteroatoms. The minimum Gasteiger partial charge on any atom is -0.339 e. The first kappa shape index (κ1) is 17.0. The highest BCUT2D eigenvalue weighted by Gasteiger charge is 2.20. The molecule has 0 saturated carbocycles. The largest absolute Gasteiger partial charge is 0.339 e. The van der Waals surface area contributed by atoms with E-state index in [0.29, 0.717) is 15.1 Å². The molecule has 1 unspecified atom stereocenters. The van der Waals surface area contributed by atoms with Crippen LogP contribution in [0.2, 0.25) is 5.02 Å². The molecule has 1 atom stereocenters. The topological polar surface area (TPSA) is 20.3 Å². The van der Waals surface area contributed by atoms with Crippen LogP contribution in [0.3, 0.4) is 0 Å². The molecule has 116 valence electrons. The van der Waals surface area contributed by atoms with E-state index in [0.717, 1.165) is 12.0 Å². The van der Waals surface area contributed by atoms with E-state index in [1.807, 2.05) is 31.2 Å². The van der Waals surface area contributed by atoms with Gasteiger partial charge < -0.3 is 4.90 Å². The van der Waals surface area contributed by atoms with Gasteiger partial charge in [-0.05, 0) is 65.2 Å². The molecule has 2 nitrogen and oxygen atoms in total. The highest BCUT2D eigenvalue weighted by Crippen LogP contribution is 2.21. The van der Waals surface area contributed by atoms with Crippen LogP contribution in [0.15, 0.2) is 46.9 Å². The summed E-state index contributed by atoms with van der Waals surface area (Å²) in [5.41, 5.74) is 1.56. The molecule has 0 bridgehead atoms. The van der Waals surface area contributed by atoms with Crippen molar-refractivity contribution in [3.63, 3.8) is 0 Å². The molecule has 2 aromatic carbocycles. The van der Waals surface area contributed by atoms with E-state index in [-0.39, 0.29) is 17.8 Å². The van der Waals surface area contributed by atoms with E-state index >= 15 is 0 Å². The van der Waals surface area contributed by atoms with E-state index in [2.05, 4.69) is 15.9 Å². The van der Waals surface area contributed by atoms with Gasteiger partial charge in [0.15, 0.2) is 0 Å². The fourth-order valence-corrected chi connectivity index (χ4v) is 2.80. The molecule has 0 aliphatic carbocycles. The summed E-state index contributed by atoms with van der Waals surface area (Å²) in [5.74, 6) is -0.520. The van der Waals surface area contributed by atoms with Crippen LogP contribution in [0.5, 0.6) is 0 Å². The Balaban J connectivity index is 2.10. The summed E-state index contributed by atoms with van der Waals surface area (Å²) in [5, 5.41) is 0.691. The van der Waals surface area contributed by atoms with Crippen LogP contribution >= 0.6 is 27.5 Å². The smallest absolute Gasteiger partial charge is 0.254 e. The van der Waals surface area contributed by atoms with E-state index in [1.54, 1.807) is 11.9 Å². The van der Waals surface area contributed by atoms with Crippen molar-refractivity contribution >= 4 is 33.4 Å². The van der Waals surface area contributed by atoms with E-state index in [1.165, 1.54) is 18.2 Å². The Morgan fingerprint density at radius 1 is 1.27 bits per heavy atom. The predicted molar refractivity (Wildman–Crippen MR) is 90.8 cm³/mol. The van der Waals surface area contributed by atoms with Crippen molar-refractivity contribution in [2.75, 3.05) is 7.05 Å².